The van der Waals surface area contributed by atoms with Gasteiger partial charge in [0, 0.05) is 24.2 Å². The number of nitrogens with zero attached hydrogens (tertiary/aromatic N) is 3. The molecule has 2 atom stereocenters. The number of aromatic amines is 1. The van der Waals surface area contributed by atoms with Gasteiger partial charge in [0.1, 0.15) is 35.1 Å². The monoisotopic (exact) mass is 494 g/mol. The van der Waals surface area contributed by atoms with Crippen molar-refractivity contribution in [3.8, 4) is 17.0 Å². The predicted molar refractivity (Wildman–Crippen MR) is 139 cm³/mol. The van der Waals surface area contributed by atoms with Gasteiger partial charge in [0.05, 0.1) is 23.6 Å². The summed E-state index contributed by atoms with van der Waals surface area (Å²) >= 11 is 0. The minimum atomic E-state index is -0.480. The number of anilines is 1. The summed E-state index contributed by atoms with van der Waals surface area (Å²) in [6.45, 7) is 3.36. The van der Waals surface area contributed by atoms with Gasteiger partial charge < -0.3 is 25.3 Å². The third-order valence-electron chi connectivity index (χ3n) is 6.15. The van der Waals surface area contributed by atoms with Crippen molar-refractivity contribution >= 4 is 17.6 Å². The molecule has 1 saturated heterocycles. The lowest BCUT2D eigenvalue weighted by Crippen LogP contribution is -2.29. The van der Waals surface area contributed by atoms with Gasteiger partial charge in [-0.1, -0.05) is 6.07 Å². The van der Waals surface area contributed by atoms with Crippen molar-refractivity contribution in [3.05, 3.63) is 71.7 Å². The molecule has 0 radical (unpaired) electrons. The number of ether oxygens (including phenoxy) is 1. The third kappa shape index (κ3) is 5.91. The molecule has 4 N–H and O–H groups in total. The molecule has 3 aromatic rings. The fraction of sp³-hybridized carbons (Fsp3) is 0.333. The summed E-state index contributed by atoms with van der Waals surface area (Å²) in [4.78, 5) is 11.5. The topological polar surface area (TPSA) is 94.3 Å². The van der Waals surface area contributed by atoms with Crippen LogP contribution in [0.1, 0.15) is 37.2 Å². The van der Waals surface area contributed by atoms with E-state index in [4.69, 9.17) is 15.9 Å². The van der Waals surface area contributed by atoms with Crippen molar-refractivity contribution < 1.29 is 13.5 Å². The van der Waals surface area contributed by atoms with Crippen LogP contribution in [-0.2, 0) is 0 Å². The van der Waals surface area contributed by atoms with Gasteiger partial charge in [0.2, 0.25) is 0 Å². The Kier molecular flexibility index (Phi) is 7.69. The Hall–Kier alpha value is -3.72. The van der Waals surface area contributed by atoms with Crippen molar-refractivity contribution in [3.63, 3.8) is 0 Å². The minimum absolute atomic E-state index is 0.0286. The minimum Gasteiger partial charge on any atom is -0.487 e. The lowest BCUT2D eigenvalue weighted by Gasteiger charge is -2.26. The molecule has 0 bridgehead atoms. The van der Waals surface area contributed by atoms with Crippen molar-refractivity contribution in [2.24, 2.45) is 0 Å². The molecule has 9 heteroatoms. The lowest BCUT2D eigenvalue weighted by atomic mass is 10.0. The Morgan fingerprint density at radius 2 is 2.11 bits per heavy atom. The Morgan fingerprint density at radius 1 is 1.31 bits per heavy atom. The molecule has 2 heterocycles. The molecule has 2 unspecified atom stereocenters. The van der Waals surface area contributed by atoms with Gasteiger partial charge in [-0.3, -0.25) is 5.41 Å². The van der Waals surface area contributed by atoms with Crippen molar-refractivity contribution in [1.82, 2.24) is 19.8 Å². The highest BCUT2D eigenvalue weighted by Gasteiger charge is 2.29. The number of nitrogens with one attached hydrogen (secondary N) is 2. The summed E-state index contributed by atoms with van der Waals surface area (Å²) in [6.07, 6.45) is 6.48. The van der Waals surface area contributed by atoms with Gasteiger partial charge >= 0.3 is 0 Å². The number of hydrogen-bond acceptors (Lipinski definition) is 5. The zero-order valence-electron chi connectivity index (χ0n) is 20.8. The first-order valence-corrected chi connectivity index (χ1v) is 12.0. The highest BCUT2D eigenvalue weighted by molar-refractivity contribution is 5.94. The Morgan fingerprint density at radius 3 is 2.89 bits per heavy atom. The Balaban J connectivity index is 1.46. The number of nitrogens with two attached hydrogens (primary N) is 1. The second kappa shape index (κ2) is 10.9. The van der Waals surface area contributed by atoms with Gasteiger partial charge in [-0.25, -0.2) is 13.8 Å². The number of nitrogen functional groups attached to an aromatic ring is 1. The molecule has 7 nitrogen and oxygen atoms in total. The van der Waals surface area contributed by atoms with E-state index >= 15 is 0 Å². The molecule has 190 valence electrons. The number of halogens is 2. The maximum atomic E-state index is 14.3. The van der Waals surface area contributed by atoms with E-state index < -0.39 is 11.6 Å². The summed E-state index contributed by atoms with van der Waals surface area (Å²) in [7, 11) is 3.98. The van der Waals surface area contributed by atoms with Gasteiger partial charge in [-0.15, -0.1) is 0 Å². The maximum absolute atomic E-state index is 14.3. The zero-order valence-corrected chi connectivity index (χ0v) is 20.8. The first-order valence-electron chi connectivity index (χ1n) is 12.0. The van der Waals surface area contributed by atoms with E-state index in [-0.39, 0.29) is 23.5 Å². The fourth-order valence-corrected chi connectivity index (χ4v) is 4.54. The summed E-state index contributed by atoms with van der Waals surface area (Å²) in [5.74, 6) is 0.468. The van der Waals surface area contributed by atoms with Gasteiger partial charge in [-0.2, -0.15) is 0 Å². The zero-order chi connectivity index (χ0) is 25.8. The molecule has 1 aromatic heterocycles. The molecule has 4 rings (SSSR count). The van der Waals surface area contributed by atoms with E-state index in [0.717, 1.165) is 36.4 Å². The number of rotatable bonds is 8. The van der Waals surface area contributed by atoms with E-state index in [0.29, 0.717) is 30.2 Å². The van der Waals surface area contributed by atoms with E-state index in [1.165, 1.54) is 6.07 Å². The molecule has 1 fully saturated rings. The first kappa shape index (κ1) is 25.4. The second-order valence-corrected chi connectivity index (χ2v) is 9.36. The average molecular weight is 495 g/mol. The SMILES string of the molecule is CC(CN(C)C)Oc1cc(-c2cnc(/C=C\C(=N)N3CCCC3c3cc(F)ccc3F)[nH]2)ccc1N. The van der Waals surface area contributed by atoms with E-state index in [1.54, 1.807) is 29.3 Å². The Labute approximate surface area is 210 Å². The molecule has 0 saturated carbocycles. The number of H-pyrrole nitrogens is 1. The summed E-state index contributed by atoms with van der Waals surface area (Å²) in [5, 5.41) is 8.52. The maximum Gasteiger partial charge on any atom is 0.143 e. The van der Waals surface area contributed by atoms with Crippen LogP contribution in [0.2, 0.25) is 0 Å². The number of imidazole rings is 1. The molecule has 0 amide bonds. The predicted octanol–water partition coefficient (Wildman–Crippen LogP) is 5.09. The van der Waals surface area contributed by atoms with Crippen LogP contribution < -0.4 is 10.5 Å². The molecule has 36 heavy (non-hydrogen) atoms. The lowest BCUT2D eigenvalue weighted by molar-refractivity contribution is 0.178. The Bertz CT molecular complexity index is 1250. The number of likely N-dealkylation sites (tertiary alicyclic amines) is 1. The van der Waals surface area contributed by atoms with Crippen LogP contribution in [0.5, 0.6) is 5.75 Å². The smallest absolute Gasteiger partial charge is 0.143 e. The molecule has 1 aliphatic rings. The van der Waals surface area contributed by atoms with Crippen molar-refractivity contribution in [2.75, 3.05) is 32.9 Å². The highest BCUT2D eigenvalue weighted by Crippen LogP contribution is 2.34. The first-order chi connectivity index (χ1) is 17.2. The quantitative estimate of drug-likeness (QED) is 0.230. The standard InChI is InChI=1S/C27H32F2N6O/c1-17(16-34(2)3)36-25-13-18(6-9-22(25)30)23-15-32-27(33-23)11-10-26(31)35-12-4-5-24(35)20-14-19(28)7-8-21(20)29/h6-11,13-15,17,24,31H,4-5,12,16,30H2,1-3H3,(H,32,33)/b11-10-,31-26?. The van der Waals surface area contributed by atoms with Gasteiger partial charge in [-0.05, 0) is 76.3 Å². The number of amidine groups is 1. The van der Waals surface area contributed by atoms with E-state index in [2.05, 4.69) is 14.9 Å². The van der Waals surface area contributed by atoms with Crippen molar-refractivity contribution in [2.45, 2.75) is 31.9 Å². The summed E-state index contributed by atoms with van der Waals surface area (Å²) in [6, 6.07) is 8.68. The van der Waals surface area contributed by atoms with Crippen LogP contribution in [0.15, 0.2) is 48.7 Å². The van der Waals surface area contributed by atoms with Crippen LogP contribution in [0, 0.1) is 17.0 Å². The molecule has 0 aliphatic carbocycles. The largest absolute Gasteiger partial charge is 0.487 e. The van der Waals surface area contributed by atoms with Crippen LogP contribution in [0.3, 0.4) is 0 Å². The van der Waals surface area contributed by atoms with Gasteiger partial charge in [0.15, 0.2) is 0 Å². The average Bonchev–Trinajstić information content (AvgIpc) is 3.50. The van der Waals surface area contributed by atoms with Crippen LogP contribution in [0.25, 0.3) is 17.3 Å². The molecule has 0 spiro atoms. The molecule has 1 aliphatic heterocycles. The fourth-order valence-electron chi connectivity index (χ4n) is 4.54. The number of benzene rings is 2. The van der Waals surface area contributed by atoms with Crippen LogP contribution in [0.4, 0.5) is 14.5 Å². The summed E-state index contributed by atoms with van der Waals surface area (Å²) < 4.78 is 34.1. The highest BCUT2D eigenvalue weighted by atomic mass is 19.1. The second-order valence-electron chi connectivity index (χ2n) is 9.36. The van der Waals surface area contributed by atoms with Gasteiger partial charge in [0.25, 0.3) is 0 Å². The number of likely N-dealkylation sites (N-methyl/N-ethyl adjacent to an activating group) is 1. The third-order valence-corrected chi connectivity index (χ3v) is 6.15. The van der Waals surface area contributed by atoms with Crippen molar-refractivity contribution in [1.29, 1.82) is 5.41 Å². The normalized spacial score (nSPS) is 16.7. The van der Waals surface area contributed by atoms with Crippen LogP contribution in [-0.4, -0.2) is 58.9 Å². The number of aromatic nitrogens is 2. The molecular formula is C27H32F2N6O. The molecular weight excluding hydrogens is 462 g/mol. The summed E-state index contributed by atoms with van der Waals surface area (Å²) in [5.41, 5.74) is 8.62. The van der Waals surface area contributed by atoms with Crippen LogP contribution >= 0.6 is 0 Å². The van der Waals surface area contributed by atoms with E-state index in [9.17, 15) is 8.78 Å². The number of hydrogen-bond donors (Lipinski definition) is 3. The van der Waals surface area contributed by atoms with E-state index in [1.807, 2.05) is 33.2 Å². The molecule has 2 aromatic carbocycles.